The molecule has 0 heterocycles. The number of benzene rings is 1. The molecule has 5 nitrogen and oxygen atoms in total. The number of halogens is 2. The van der Waals surface area contributed by atoms with Crippen molar-refractivity contribution in [2.75, 3.05) is 6.54 Å². The fourth-order valence-electron chi connectivity index (χ4n) is 2.40. The highest BCUT2D eigenvalue weighted by Crippen LogP contribution is 2.32. The molecule has 112 valence electrons. The Morgan fingerprint density at radius 1 is 1.35 bits per heavy atom. The van der Waals surface area contributed by atoms with Crippen LogP contribution in [0.15, 0.2) is 18.2 Å². The average molecular weight is 305 g/mol. The topological polar surface area (TPSA) is 78.4 Å². The van der Waals surface area contributed by atoms with Crippen LogP contribution in [0.2, 0.25) is 0 Å². The molecule has 1 aromatic rings. The summed E-state index contributed by atoms with van der Waals surface area (Å²) in [7, 11) is 0. The number of nitro groups is 1. The van der Waals surface area contributed by atoms with Crippen molar-refractivity contribution in [3.05, 3.63) is 34.1 Å². The maximum absolute atomic E-state index is 13.2. The van der Waals surface area contributed by atoms with Gasteiger partial charge in [-0.2, -0.15) is 0 Å². The van der Waals surface area contributed by atoms with Gasteiger partial charge in [-0.3, -0.25) is 10.1 Å². The Morgan fingerprint density at radius 2 is 2.00 bits per heavy atom. The summed E-state index contributed by atoms with van der Waals surface area (Å²) in [6, 6.07) is 3.28. The van der Waals surface area contributed by atoms with Crippen molar-refractivity contribution in [2.24, 2.45) is 11.7 Å². The van der Waals surface area contributed by atoms with Gasteiger partial charge in [-0.25, -0.2) is 4.39 Å². The highest BCUT2D eigenvalue weighted by Gasteiger charge is 2.24. The third-order valence-electron chi connectivity index (χ3n) is 3.54. The van der Waals surface area contributed by atoms with Gasteiger partial charge in [-0.1, -0.05) is 0 Å². The van der Waals surface area contributed by atoms with Crippen LogP contribution in [0, 0.1) is 21.8 Å². The molecule has 7 heteroatoms. The lowest BCUT2D eigenvalue weighted by Crippen LogP contribution is -2.27. The average Bonchev–Trinajstić information content (AvgIpc) is 2.39. The van der Waals surface area contributed by atoms with Crippen molar-refractivity contribution in [3.63, 3.8) is 0 Å². The van der Waals surface area contributed by atoms with Crippen LogP contribution in [0.3, 0.4) is 0 Å². The summed E-state index contributed by atoms with van der Waals surface area (Å²) < 4.78 is 18.8. The Kier molecular flexibility index (Phi) is 6.16. The lowest BCUT2D eigenvalue weighted by atomic mass is 9.87. The predicted octanol–water partition coefficient (Wildman–Crippen LogP) is 3.05. The zero-order valence-electron chi connectivity index (χ0n) is 11.0. The van der Waals surface area contributed by atoms with Crippen LogP contribution in [0.5, 0.6) is 5.75 Å². The standard InChI is InChI=1S/C13H17FN2O3.ClH/c14-10-3-6-12(16(17)18)13(7-10)19-11-4-1-9(8-15)2-5-11;/h3,6-7,9,11H,1-2,4-5,8,15H2;1H/t9-,11-;. The van der Waals surface area contributed by atoms with Crippen molar-refractivity contribution in [2.45, 2.75) is 31.8 Å². The first-order valence-corrected chi connectivity index (χ1v) is 6.41. The molecule has 1 aliphatic rings. The molecule has 0 amide bonds. The maximum atomic E-state index is 13.2. The third-order valence-corrected chi connectivity index (χ3v) is 3.54. The molecule has 1 aliphatic carbocycles. The SMILES string of the molecule is Cl.NC[C@H]1CC[C@H](Oc2cc(F)ccc2[N+](=O)[O-])CC1. The van der Waals surface area contributed by atoms with E-state index in [0.717, 1.165) is 43.9 Å². The normalized spacial score (nSPS) is 21.9. The Bertz CT molecular complexity index is 465. The lowest BCUT2D eigenvalue weighted by Gasteiger charge is -2.27. The first-order valence-electron chi connectivity index (χ1n) is 6.41. The van der Waals surface area contributed by atoms with Gasteiger partial charge in [-0.15, -0.1) is 12.4 Å². The summed E-state index contributed by atoms with van der Waals surface area (Å²) in [5.74, 6) is -0.0141. The van der Waals surface area contributed by atoms with Gasteiger partial charge in [0, 0.05) is 12.1 Å². The van der Waals surface area contributed by atoms with Crippen LogP contribution in [-0.4, -0.2) is 17.6 Å². The summed E-state index contributed by atoms with van der Waals surface area (Å²) in [5.41, 5.74) is 5.41. The second-order valence-corrected chi connectivity index (χ2v) is 4.87. The minimum absolute atomic E-state index is 0. The number of ether oxygens (including phenoxy) is 1. The van der Waals surface area contributed by atoms with Crippen LogP contribution in [0.1, 0.15) is 25.7 Å². The fourth-order valence-corrected chi connectivity index (χ4v) is 2.40. The molecular weight excluding hydrogens is 287 g/mol. The maximum Gasteiger partial charge on any atom is 0.311 e. The van der Waals surface area contributed by atoms with Crippen molar-refractivity contribution in [1.29, 1.82) is 0 Å². The molecule has 1 aromatic carbocycles. The van der Waals surface area contributed by atoms with Gasteiger partial charge in [0.1, 0.15) is 5.82 Å². The molecule has 0 aromatic heterocycles. The summed E-state index contributed by atoms with van der Waals surface area (Å²) in [6.07, 6.45) is 3.41. The monoisotopic (exact) mass is 304 g/mol. The van der Waals surface area contributed by atoms with E-state index in [-0.39, 0.29) is 29.9 Å². The molecule has 0 bridgehead atoms. The van der Waals surface area contributed by atoms with E-state index in [4.69, 9.17) is 10.5 Å². The molecule has 2 rings (SSSR count). The predicted molar refractivity (Wildman–Crippen MR) is 75.7 cm³/mol. The number of nitrogens with two attached hydrogens (primary N) is 1. The second-order valence-electron chi connectivity index (χ2n) is 4.87. The van der Waals surface area contributed by atoms with Gasteiger partial charge in [-0.05, 0) is 44.2 Å². The molecule has 20 heavy (non-hydrogen) atoms. The molecule has 0 spiro atoms. The Morgan fingerprint density at radius 3 is 2.55 bits per heavy atom. The molecule has 0 radical (unpaired) electrons. The van der Waals surface area contributed by atoms with Gasteiger partial charge in [0.05, 0.1) is 11.0 Å². The van der Waals surface area contributed by atoms with E-state index >= 15 is 0 Å². The number of nitro benzene ring substituents is 1. The van der Waals surface area contributed by atoms with Crippen molar-refractivity contribution >= 4 is 18.1 Å². The molecule has 1 saturated carbocycles. The van der Waals surface area contributed by atoms with Crippen LogP contribution < -0.4 is 10.5 Å². The van der Waals surface area contributed by atoms with Gasteiger partial charge < -0.3 is 10.5 Å². The first kappa shape index (κ1) is 16.7. The van der Waals surface area contributed by atoms with E-state index in [1.54, 1.807) is 0 Å². The smallest absolute Gasteiger partial charge is 0.311 e. The molecule has 0 aliphatic heterocycles. The van der Waals surface area contributed by atoms with E-state index < -0.39 is 10.7 Å². The summed E-state index contributed by atoms with van der Waals surface area (Å²) in [5, 5.41) is 10.9. The highest BCUT2D eigenvalue weighted by molar-refractivity contribution is 5.85. The van der Waals surface area contributed by atoms with Crippen LogP contribution in [-0.2, 0) is 0 Å². The zero-order valence-corrected chi connectivity index (χ0v) is 11.8. The molecule has 0 saturated heterocycles. The quantitative estimate of drug-likeness (QED) is 0.685. The van der Waals surface area contributed by atoms with Crippen LogP contribution in [0.4, 0.5) is 10.1 Å². The minimum atomic E-state index is -0.555. The van der Waals surface area contributed by atoms with Gasteiger partial charge in [0.25, 0.3) is 0 Å². The Hall–Kier alpha value is -1.40. The van der Waals surface area contributed by atoms with E-state index in [1.165, 1.54) is 0 Å². The Balaban J connectivity index is 0.00000200. The van der Waals surface area contributed by atoms with Crippen molar-refractivity contribution in [3.8, 4) is 5.75 Å². The van der Waals surface area contributed by atoms with E-state index in [2.05, 4.69) is 0 Å². The van der Waals surface area contributed by atoms with Crippen LogP contribution >= 0.6 is 12.4 Å². The van der Waals surface area contributed by atoms with E-state index in [1.807, 2.05) is 0 Å². The van der Waals surface area contributed by atoms with Gasteiger partial charge in [0.15, 0.2) is 5.75 Å². The third kappa shape index (κ3) is 4.05. The van der Waals surface area contributed by atoms with E-state index in [9.17, 15) is 14.5 Å². The largest absolute Gasteiger partial charge is 0.483 e. The Labute approximate surface area is 122 Å². The molecule has 0 unspecified atom stereocenters. The van der Waals surface area contributed by atoms with Crippen LogP contribution in [0.25, 0.3) is 0 Å². The lowest BCUT2D eigenvalue weighted by molar-refractivity contribution is -0.386. The van der Waals surface area contributed by atoms with Gasteiger partial charge in [0.2, 0.25) is 0 Å². The van der Waals surface area contributed by atoms with Gasteiger partial charge >= 0.3 is 5.69 Å². The van der Waals surface area contributed by atoms with Crippen molar-refractivity contribution in [1.82, 2.24) is 0 Å². The number of nitrogens with zero attached hydrogens (tertiary/aromatic N) is 1. The summed E-state index contributed by atoms with van der Waals surface area (Å²) >= 11 is 0. The zero-order chi connectivity index (χ0) is 13.8. The first-order chi connectivity index (χ1) is 9.10. The van der Waals surface area contributed by atoms with E-state index in [0.29, 0.717) is 12.5 Å². The number of hydrogen-bond acceptors (Lipinski definition) is 4. The highest BCUT2D eigenvalue weighted by atomic mass is 35.5. The number of rotatable bonds is 4. The minimum Gasteiger partial charge on any atom is -0.483 e. The molecule has 0 atom stereocenters. The van der Waals surface area contributed by atoms with Crippen molar-refractivity contribution < 1.29 is 14.1 Å². The molecular formula is C13H18ClFN2O3. The second kappa shape index (κ2) is 7.40. The number of hydrogen-bond donors (Lipinski definition) is 1. The molecule has 2 N–H and O–H groups in total. The summed E-state index contributed by atoms with van der Waals surface area (Å²) in [4.78, 5) is 10.3. The fraction of sp³-hybridized carbons (Fsp3) is 0.538. The summed E-state index contributed by atoms with van der Waals surface area (Å²) in [6.45, 7) is 0.660. The molecule has 1 fully saturated rings.